The van der Waals surface area contributed by atoms with Gasteiger partial charge in [-0.25, -0.2) is 0 Å². The molecule has 1 heterocycles. The number of hydrogen-bond acceptors (Lipinski definition) is 4. The van der Waals surface area contributed by atoms with Crippen LogP contribution in [0.2, 0.25) is 0 Å². The van der Waals surface area contributed by atoms with Crippen molar-refractivity contribution >= 4 is 17.3 Å². The highest BCUT2D eigenvalue weighted by Crippen LogP contribution is 2.51. The number of fused-ring (bicyclic) bond motifs is 2. The summed E-state index contributed by atoms with van der Waals surface area (Å²) >= 11 is 5.84. The predicted octanol–water partition coefficient (Wildman–Crippen LogP) is 3.98. The third-order valence-electron chi connectivity index (χ3n) is 7.14. The van der Waals surface area contributed by atoms with Crippen molar-refractivity contribution in [1.29, 1.82) is 0 Å². The number of methoxy groups -OCH3 is 2. The first-order chi connectivity index (χ1) is 13.5. The van der Waals surface area contributed by atoms with Crippen LogP contribution >= 0.6 is 12.2 Å². The molecule has 6 heteroatoms. The summed E-state index contributed by atoms with van der Waals surface area (Å²) in [7, 11) is 3.30. The van der Waals surface area contributed by atoms with E-state index in [-0.39, 0.29) is 11.5 Å². The zero-order valence-electron chi connectivity index (χ0n) is 17.0. The van der Waals surface area contributed by atoms with Gasteiger partial charge in [0.1, 0.15) is 5.72 Å². The number of nitrogens with zero attached hydrogens (tertiary/aromatic N) is 1. The van der Waals surface area contributed by atoms with Crippen LogP contribution in [-0.4, -0.2) is 40.6 Å². The maximum atomic E-state index is 12.0. The van der Waals surface area contributed by atoms with Crippen molar-refractivity contribution in [2.24, 2.45) is 5.92 Å². The van der Waals surface area contributed by atoms with E-state index in [1.807, 2.05) is 23.1 Å². The third-order valence-corrected chi connectivity index (χ3v) is 7.46. The van der Waals surface area contributed by atoms with Crippen LogP contribution in [0.5, 0.6) is 11.5 Å². The largest absolute Gasteiger partial charge is 0.493 e. The summed E-state index contributed by atoms with van der Waals surface area (Å²) < 4.78 is 11.1. The van der Waals surface area contributed by atoms with Gasteiger partial charge in [0.05, 0.1) is 20.8 Å². The maximum Gasteiger partial charge on any atom is 0.171 e. The Hall–Kier alpha value is -1.53. The lowest BCUT2D eigenvalue weighted by atomic mass is 9.62. The van der Waals surface area contributed by atoms with Gasteiger partial charge in [0, 0.05) is 17.0 Å². The summed E-state index contributed by atoms with van der Waals surface area (Å²) in [4.78, 5) is 2.02. The molecule has 5 nitrogen and oxygen atoms in total. The lowest BCUT2D eigenvalue weighted by Crippen LogP contribution is -2.75. The quantitative estimate of drug-likeness (QED) is 0.741. The zero-order chi connectivity index (χ0) is 19.8. The molecule has 3 aliphatic rings. The molecule has 1 aliphatic heterocycles. The lowest BCUT2D eigenvalue weighted by Gasteiger charge is -2.61. The molecule has 2 atom stereocenters. The number of thiocarbonyl (C=S) groups is 1. The average molecular weight is 405 g/mol. The molecule has 2 saturated carbocycles. The Bertz CT molecular complexity index is 734. The third kappa shape index (κ3) is 3.14. The number of hydrogen-bond donors (Lipinski definition) is 2. The standard InChI is InChI=1S/C22H32N2O3S/c1-26-17-10-8-9-16(19(17)27-2)15-24-20(28)23-21(12-5-3-6-13-21)18-11-4-7-14-22(18,24)25/h8-10,18,25H,3-7,11-15H2,1-2H3,(H,23,28)/t18-,22-/m1/s1. The molecule has 4 rings (SSSR count). The van der Waals surface area contributed by atoms with Crippen molar-refractivity contribution < 1.29 is 14.6 Å². The number of aliphatic hydroxyl groups is 1. The Kier molecular flexibility index (Phi) is 5.45. The van der Waals surface area contributed by atoms with Gasteiger partial charge >= 0.3 is 0 Å². The summed E-state index contributed by atoms with van der Waals surface area (Å²) in [5.41, 5.74) is 0.0363. The number of rotatable bonds is 4. The van der Waals surface area contributed by atoms with Crippen LogP contribution < -0.4 is 14.8 Å². The highest BCUT2D eigenvalue weighted by Gasteiger charge is 2.58. The summed E-state index contributed by atoms with van der Waals surface area (Å²) in [5, 5.41) is 16.4. The first kappa shape index (κ1) is 19.8. The van der Waals surface area contributed by atoms with E-state index in [0.29, 0.717) is 23.2 Å². The second-order valence-corrected chi connectivity index (χ2v) is 8.95. The van der Waals surface area contributed by atoms with E-state index >= 15 is 0 Å². The molecule has 0 unspecified atom stereocenters. The first-order valence-electron chi connectivity index (χ1n) is 10.6. The van der Waals surface area contributed by atoms with Gasteiger partial charge in [-0.1, -0.05) is 37.8 Å². The van der Waals surface area contributed by atoms with Gasteiger partial charge in [-0.2, -0.15) is 0 Å². The molecule has 0 amide bonds. The smallest absolute Gasteiger partial charge is 0.171 e. The van der Waals surface area contributed by atoms with E-state index in [1.54, 1.807) is 14.2 Å². The molecular weight excluding hydrogens is 372 g/mol. The fraction of sp³-hybridized carbons (Fsp3) is 0.682. The van der Waals surface area contributed by atoms with Gasteiger partial charge in [0.2, 0.25) is 0 Å². The van der Waals surface area contributed by atoms with Crippen molar-refractivity contribution in [3.8, 4) is 11.5 Å². The highest BCUT2D eigenvalue weighted by atomic mass is 32.1. The van der Waals surface area contributed by atoms with Crippen LogP contribution in [0, 0.1) is 5.92 Å². The molecule has 1 spiro atoms. The Morgan fingerprint density at radius 2 is 1.86 bits per heavy atom. The van der Waals surface area contributed by atoms with Crippen molar-refractivity contribution in [1.82, 2.24) is 10.2 Å². The minimum absolute atomic E-state index is 0.0422. The maximum absolute atomic E-state index is 12.0. The lowest BCUT2D eigenvalue weighted by molar-refractivity contribution is -0.184. The molecule has 0 radical (unpaired) electrons. The van der Waals surface area contributed by atoms with Crippen LogP contribution in [0.25, 0.3) is 0 Å². The Labute approximate surface area is 173 Å². The average Bonchev–Trinajstić information content (AvgIpc) is 2.71. The van der Waals surface area contributed by atoms with Crippen molar-refractivity contribution in [3.05, 3.63) is 23.8 Å². The van der Waals surface area contributed by atoms with Gasteiger partial charge in [-0.05, 0) is 50.4 Å². The zero-order valence-corrected chi connectivity index (χ0v) is 17.8. The van der Waals surface area contributed by atoms with Crippen LogP contribution in [-0.2, 0) is 6.54 Å². The number of ether oxygens (including phenoxy) is 2. The van der Waals surface area contributed by atoms with E-state index in [0.717, 1.165) is 37.7 Å². The molecule has 0 aromatic heterocycles. The summed E-state index contributed by atoms with van der Waals surface area (Å²) in [6.07, 6.45) is 9.97. The molecule has 3 fully saturated rings. The molecule has 2 aliphatic carbocycles. The molecule has 154 valence electrons. The number of para-hydroxylation sites is 1. The topological polar surface area (TPSA) is 54.0 Å². The Morgan fingerprint density at radius 3 is 2.57 bits per heavy atom. The molecule has 1 aromatic rings. The van der Waals surface area contributed by atoms with Crippen LogP contribution in [0.1, 0.15) is 63.4 Å². The normalized spacial score (nSPS) is 29.2. The van der Waals surface area contributed by atoms with Gasteiger partial charge in [-0.3, -0.25) is 0 Å². The summed E-state index contributed by atoms with van der Waals surface area (Å²) in [6.45, 7) is 0.509. The van der Waals surface area contributed by atoms with Gasteiger partial charge < -0.3 is 24.8 Å². The molecule has 0 bridgehead atoms. The molecular formula is C22H32N2O3S. The molecule has 1 saturated heterocycles. The highest BCUT2D eigenvalue weighted by molar-refractivity contribution is 7.80. The summed E-state index contributed by atoms with van der Waals surface area (Å²) in [6, 6.07) is 5.88. The van der Waals surface area contributed by atoms with Crippen LogP contribution in [0.4, 0.5) is 0 Å². The molecule has 2 N–H and O–H groups in total. The second-order valence-electron chi connectivity index (χ2n) is 8.56. The monoisotopic (exact) mass is 404 g/mol. The van der Waals surface area contributed by atoms with Crippen molar-refractivity contribution in [2.45, 2.75) is 75.6 Å². The Balaban J connectivity index is 1.69. The van der Waals surface area contributed by atoms with E-state index in [9.17, 15) is 5.11 Å². The number of nitrogens with one attached hydrogen (secondary N) is 1. The predicted molar refractivity (Wildman–Crippen MR) is 114 cm³/mol. The fourth-order valence-corrected chi connectivity index (χ4v) is 6.26. The second kappa shape index (κ2) is 7.71. The Morgan fingerprint density at radius 1 is 1.11 bits per heavy atom. The minimum atomic E-state index is -0.897. The van der Waals surface area contributed by atoms with Gasteiger partial charge in [0.25, 0.3) is 0 Å². The first-order valence-corrected chi connectivity index (χ1v) is 11.0. The summed E-state index contributed by atoms with van der Waals surface area (Å²) in [5.74, 6) is 1.62. The van der Waals surface area contributed by atoms with E-state index in [4.69, 9.17) is 21.7 Å². The molecule has 28 heavy (non-hydrogen) atoms. The van der Waals surface area contributed by atoms with Gasteiger partial charge in [-0.15, -0.1) is 0 Å². The van der Waals surface area contributed by atoms with E-state index in [2.05, 4.69) is 5.32 Å². The fourth-order valence-electron chi connectivity index (χ4n) is 5.84. The van der Waals surface area contributed by atoms with Crippen molar-refractivity contribution in [3.63, 3.8) is 0 Å². The SMILES string of the molecule is COc1cccc(CN2C(=S)NC3(CCCCC3)[C@H]3CCCC[C@@]32O)c1OC. The minimum Gasteiger partial charge on any atom is -0.493 e. The van der Waals surface area contributed by atoms with Crippen LogP contribution in [0.15, 0.2) is 18.2 Å². The van der Waals surface area contributed by atoms with E-state index in [1.165, 1.54) is 25.7 Å². The van der Waals surface area contributed by atoms with E-state index < -0.39 is 5.72 Å². The van der Waals surface area contributed by atoms with Crippen molar-refractivity contribution in [2.75, 3.05) is 14.2 Å². The number of benzene rings is 1. The van der Waals surface area contributed by atoms with Gasteiger partial charge in [0.15, 0.2) is 16.6 Å². The van der Waals surface area contributed by atoms with Crippen LogP contribution in [0.3, 0.4) is 0 Å². The molecule has 1 aromatic carbocycles.